The van der Waals surface area contributed by atoms with E-state index in [9.17, 15) is 4.79 Å². The number of amides is 2. The van der Waals surface area contributed by atoms with Crippen molar-refractivity contribution in [1.82, 2.24) is 19.4 Å². The highest BCUT2D eigenvalue weighted by Gasteiger charge is 2.32. The first-order valence-corrected chi connectivity index (χ1v) is 7.58. The summed E-state index contributed by atoms with van der Waals surface area (Å²) >= 11 is 0. The van der Waals surface area contributed by atoms with Crippen LogP contribution in [0.3, 0.4) is 0 Å². The summed E-state index contributed by atoms with van der Waals surface area (Å²) in [5, 5.41) is 0. The van der Waals surface area contributed by atoms with Crippen molar-refractivity contribution in [3.8, 4) is 0 Å². The van der Waals surface area contributed by atoms with E-state index in [1.807, 2.05) is 25.2 Å². The molecule has 2 fully saturated rings. The lowest BCUT2D eigenvalue weighted by atomic mass is 10.0. The Hall–Kier alpha value is -1.52. The number of rotatable bonds is 2. The molecule has 1 saturated heterocycles. The molecule has 1 saturated carbocycles. The molecule has 0 bridgehead atoms. The average Bonchev–Trinajstić information content (AvgIpc) is 3.21. The Morgan fingerprint density at radius 2 is 1.90 bits per heavy atom. The van der Waals surface area contributed by atoms with Gasteiger partial charge in [0.1, 0.15) is 5.82 Å². The number of nitrogens with zero attached hydrogens (tertiary/aromatic N) is 4. The molecule has 3 rings (SSSR count). The molecule has 1 aliphatic carbocycles. The molecule has 0 atom stereocenters. The smallest absolute Gasteiger partial charge is 0.319 e. The zero-order valence-electron chi connectivity index (χ0n) is 12.7. The van der Waals surface area contributed by atoms with E-state index in [1.165, 1.54) is 24.4 Å². The maximum absolute atomic E-state index is 12.0. The van der Waals surface area contributed by atoms with Gasteiger partial charge in [-0.15, -0.1) is 0 Å². The van der Waals surface area contributed by atoms with Crippen LogP contribution < -0.4 is 0 Å². The van der Waals surface area contributed by atoms with Crippen LogP contribution in [0.5, 0.6) is 0 Å². The summed E-state index contributed by atoms with van der Waals surface area (Å²) in [5.41, 5.74) is 1.27. The number of piperidine rings is 1. The predicted octanol–water partition coefficient (Wildman–Crippen LogP) is 2.39. The van der Waals surface area contributed by atoms with Crippen LogP contribution in [0.1, 0.15) is 49.2 Å². The van der Waals surface area contributed by atoms with Gasteiger partial charge >= 0.3 is 6.03 Å². The van der Waals surface area contributed by atoms with E-state index < -0.39 is 0 Å². The lowest BCUT2D eigenvalue weighted by molar-refractivity contribution is 0.147. The third-order valence-electron chi connectivity index (χ3n) is 4.44. The van der Waals surface area contributed by atoms with Crippen LogP contribution in [-0.2, 0) is 0 Å². The van der Waals surface area contributed by atoms with Gasteiger partial charge in [-0.25, -0.2) is 9.78 Å². The second-order valence-electron chi connectivity index (χ2n) is 6.30. The highest BCUT2D eigenvalue weighted by atomic mass is 16.2. The first-order chi connectivity index (χ1) is 9.58. The zero-order valence-corrected chi connectivity index (χ0v) is 12.7. The van der Waals surface area contributed by atoms with E-state index in [-0.39, 0.29) is 6.03 Å². The maximum atomic E-state index is 12.0. The van der Waals surface area contributed by atoms with Gasteiger partial charge in [-0.2, -0.15) is 0 Å². The van der Waals surface area contributed by atoms with Gasteiger partial charge in [0.2, 0.25) is 0 Å². The zero-order chi connectivity index (χ0) is 14.3. The Morgan fingerprint density at radius 1 is 1.25 bits per heavy atom. The molecule has 5 nitrogen and oxygen atoms in total. The monoisotopic (exact) mass is 276 g/mol. The van der Waals surface area contributed by atoms with Gasteiger partial charge in [-0.3, -0.25) is 0 Å². The van der Waals surface area contributed by atoms with E-state index in [4.69, 9.17) is 0 Å². The minimum Gasteiger partial charge on any atom is -0.331 e. The minimum atomic E-state index is 0.133. The highest BCUT2D eigenvalue weighted by Crippen LogP contribution is 2.41. The van der Waals surface area contributed by atoms with Gasteiger partial charge in [0.15, 0.2) is 0 Å². The number of likely N-dealkylation sites (tertiary alicyclic amines) is 1. The van der Waals surface area contributed by atoms with E-state index in [1.54, 1.807) is 4.90 Å². The van der Waals surface area contributed by atoms with Crippen LogP contribution in [0.15, 0.2) is 6.20 Å². The normalized spacial score (nSPS) is 20.2. The van der Waals surface area contributed by atoms with Crippen molar-refractivity contribution in [1.29, 1.82) is 0 Å². The van der Waals surface area contributed by atoms with Crippen LogP contribution >= 0.6 is 0 Å². The Labute approximate surface area is 120 Å². The van der Waals surface area contributed by atoms with E-state index in [0.29, 0.717) is 12.0 Å². The SMILES string of the molecule is Cc1cnc(C2CC2)n1C1CCN(C(=O)N(C)C)CC1. The van der Waals surface area contributed by atoms with E-state index in [2.05, 4.69) is 16.5 Å². The molecule has 0 spiro atoms. The van der Waals surface area contributed by atoms with Gasteiger partial charge in [-0.05, 0) is 32.6 Å². The summed E-state index contributed by atoms with van der Waals surface area (Å²) in [6.45, 7) is 3.85. The summed E-state index contributed by atoms with van der Waals surface area (Å²) < 4.78 is 2.44. The Morgan fingerprint density at radius 3 is 2.45 bits per heavy atom. The van der Waals surface area contributed by atoms with Gasteiger partial charge in [0.05, 0.1) is 0 Å². The molecule has 2 amide bonds. The van der Waals surface area contributed by atoms with Gasteiger partial charge in [0, 0.05) is 51.0 Å². The Balaban J connectivity index is 1.69. The lowest BCUT2D eigenvalue weighted by Gasteiger charge is -2.35. The molecule has 0 radical (unpaired) electrons. The number of hydrogen-bond acceptors (Lipinski definition) is 2. The molecule has 1 aromatic heterocycles. The molecule has 0 N–H and O–H groups in total. The predicted molar refractivity (Wildman–Crippen MR) is 77.9 cm³/mol. The van der Waals surface area contributed by atoms with Crippen LogP contribution in [0.2, 0.25) is 0 Å². The minimum absolute atomic E-state index is 0.133. The van der Waals surface area contributed by atoms with Gasteiger partial charge in [0.25, 0.3) is 0 Å². The number of imidazole rings is 1. The average molecular weight is 276 g/mol. The van der Waals surface area contributed by atoms with Gasteiger partial charge < -0.3 is 14.4 Å². The summed E-state index contributed by atoms with van der Waals surface area (Å²) in [4.78, 5) is 20.2. The van der Waals surface area contributed by atoms with Crippen molar-refractivity contribution in [3.63, 3.8) is 0 Å². The first kappa shape index (κ1) is 13.5. The number of aromatic nitrogens is 2. The van der Waals surface area contributed by atoms with Crippen LogP contribution in [0.25, 0.3) is 0 Å². The van der Waals surface area contributed by atoms with Crippen molar-refractivity contribution in [2.24, 2.45) is 0 Å². The molecule has 5 heteroatoms. The van der Waals surface area contributed by atoms with Crippen molar-refractivity contribution in [2.75, 3.05) is 27.2 Å². The molecule has 1 aromatic rings. The fourth-order valence-electron chi connectivity index (χ4n) is 3.18. The van der Waals surface area contributed by atoms with Crippen LogP contribution in [0, 0.1) is 6.92 Å². The molecule has 2 heterocycles. The lowest BCUT2D eigenvalue weighted by Crippen LogP contribution is -2.44. The fraction of sp³-hybridized carbons (Fsp3) is 0.733. The third-order valence-corrected chi connectivity index (χ3v) is 4.44. The van der Waals surface area contributed by atoms with Crippen LogP contribution in [0.4, 0.5) is 4.79 Å². The van der Waals surface area contributed by atoms with Crippen molar-refractivity contribution in [3.05, 3.63) is 17.7 Å². The summed E-state index contributed by atoms with van der Waals surface area (Å²) in [6, 6.07) is 0.646. The second-order valence-corrected chi connectivity index (χ2v) is 6.30. The van der Waals surface area contributed by atoms with Crippen LogP contribution in [-0.4, -0.2) is 52.6 Å². The summed E-state index contributed by atoms with van der Waals surface area (Å²) in [7, 11) is 3.64. The molecule has 0 unspecified atom stereocenters. The molecule has 20 heavy (non-hydrogen) atoms. The number of carbonyl (C=O) groups is 1. The van der Waals surface area contributed by atoms with Crippen molar-refractivity contribution in [2.45, 2.75) is 44.6 Å². The molecule has 2 aliphatic rings. The highest BCUT2D eigenvalue weighted by molar-refractivity contribution is 5.73. The molecule has 1 aliphatic heterocycles. The standard InChI is InChI=1S/C15H24N4O/c1-11-10-16-14(12-4-5-12)19(11)13-6-8-18(9-7-13)15(20)17(2)3/h10,12-13H,4-9H2,1-3H3. The Bertz CT molecular complexity index is 496. The molecular formula is C15H24N4O. The number of aryl methyl sites for hydroxylation is 1. The largest absolute Gasteiger partial charge is 0.331 e. The van der Waals surface area contributed by atoms with Gasteiger partial charge in [-0.1, -0.05) is 0 Å². The Kier molecular flexibility index (Phi) is 3.44. The van der Waals surface area contributed by atoms with E-state index in [0.717, 1.165) is 25.9 Å². The number of urea groups is 1. The summed E-state index contributed by atoms with van der Waals surface area (Å²) in [5.74, 6) is 1.96. The molecule has 0 aromatic carbocycles. The van der Waals surface area contributed by atoms with Crippen molar-refractivity contribution < 1.29 is 4.79 Å². The molecular weight excluding hydrogens is 252 g/mol. The topological polar surface area (TPSA) is 41.4 Å². The van der Waals surface area contributed by atoms with Crippen molar-refractivity contribution >= 4 is 6.03 Å². The summed E-state index contributed by atoms with van der Waals surface area (Å²) in [6.07, 6.45) is 6.65. The van der Waals surface area contributed by atoms with E-state index >= 15 is 0 Å². The number of hydrogen-bond donors (Lipinski definition) is 0. The quantitative estimate of drug-likeness (QED) is 0.832. The maximum Gasteiger partial charge on any atom is 0.319 e. The molecule has 110 valence electrons. The first-order valence-electron chi connectivity index (χ1n) is 7.58. The number of carbonyl (C=O) groups excluding carboxylic acids is 1. The third kappa shape index (κ3) is 2.41. The fourth-order valence-corrected chi connectivity index (χ4v) is 3.18. The second kappa shape index (κ2) is 5.11.